The zero-order chi connectivity index (χ0) is 11.9. The van der Waals surface area contributed by atoms with Crippen LogP contribution >= 0.6 is 23.1 Å². The molecule has 1 aliphatic heterocycles. The second kappa shape index (κ2) is 7.36. The van der Waals surface area contributed by atoms with Crippen molar-refractivity contribution in [3.63, 3.8) is 0 Å². The largest absolute Gasteiger partial charge is 0.383 e. The Kier molecular flexibility index (Phi) is 5.77. The van der Waals surface area contributed by atoms with Crippen LogP contribution in [0.15, 0.2) is 11.6 Å². The highest BCUT2D eigenvalue weighted by Gasteiger charge is 2.26. The molecule has 3 nitrogen and oxygen atoms in total. The van der Waals surface area contributed by atoms with Crippen molar-refractivity contribution in [1.29, 1.82) is 0 Å². The van der Waals surface area contributed by atoms with Crippen LogP contribution < -0.4 is 5.32 Å². The summed E-state index contributed by atoms with van der Waals surface area (Å²) in [7, 11) is 1.75. The number of methoxy groups -OCH3 is 1. The van der Waals surface area contributed by atoms with E-state index in [1.54, 1.807) is 18.4 Å². The van der Waals surface area contributed by atoms with Crippen LogP contribution in [0.4, 0.5) is 0 Å². The van der Waals surface area contributed by atoms with E-state index in [9.17, 15) is 0 Å². The Morgan fingerprint density at radius 3 is 3.24 bits per heavy atom. The average molecular weight is 272 g/mol. The van der Waals surface area contributed by atoms with Crippen molar-refractivity contribution in [2.75, 3.05) is 31.8 Å². The van der Waals surface area contributed by atoms with E-state index in [1.165, 1.54) is 29.4 Å². The smallest absolute Gasteiger partial charge is 0.110 e. The molecule has 2 heterocycles. The lowest BCUT2D eigenvalue weighted by Gasteiger charge is -2.29. The maximum Gasteiger partial charge on any atom is 0.110 e. The molecule has 1 N–H and O–H groups in total. The van der Waals surface area contributed by atoms with Crippen LogP contribution in [0.1, 0.15) is 23.9 Å². The molecule has 0 radical (unpaired) electrons. The van der Waals surface area contributed by atoms with Gasteiger partial charge in [-0.25, -0.2) is 4.98 Å². The third-order valence-electron chi connectivity index (χ3n) is 3.05. The lowest BCUT2D eigenvalue weighted by molar-refractivity contribution is 0.190. The monoisotopic (exact) mass is 272 g/mol. The minimum absolute atomic E-state index is 0.415. The van der Waals surface area contributed by atoms with Gasteiger partial charge in [-0.2, -0.15) is 11.8 Å². The van der Waals surface area contributed by atoms with E-state index in [2.05, 4.69) is 27.4 Å². The number of aromatic nitrogens is 1. The average Bonchev–Trinajstić information content (AvgIpc) is 2.89. The third-order valence-corrected chi connectivity index (χ3v) is 5.15. The summed E-state index contributed by atoms with van der Waals surface area (Å²) in [5.74, 6) is 3.29. The van der Waals surface area contributed by atoms with Crippen LogP contribution in [0.3, 0.4) is 0 Å². The lowest BCUT2D eigenvalue weighted by Crippen LogP contribution is -2.33. The first-order chi connectivity index (χ1) is 8.42. The molecule has 0 bridgehead atoms. The Morgan fingerprint density at radius 1 is 1.65 bits per heavy atom. The summed E-state index contributed by atoms with van der Waals surface area (Å²) in [5, 5.41) is 6.90. The van der Waals surface area contributed by atoms with E-state index in [0.29, 0.717) is 6.04 Å². The van der Waals surface area contributed by atoms with Crippen molar-refractivity contribution in [2.24, 2.45) is 5.92 Å². The van der Waals surface area contributed by atoms with Gasteiger partial charge in [-0.3, -0.25) is 0 Å². The van der Waals surface area contributed by atoms with Gasteiger partial charge in [0, 0.05) is 25.2 Å². The fourth-order valence-electron chi connectivity index (χ4n) is 2.19. The molecule has 0 saturated carbocycles. The maximum atomic E-state index is 5.11. The fourth-order valence-corrected chi connectivity index (χ4v) is 4.19. The molecule has 0 aromatic carbocycles. The number of ether oxygens (including phenoxy) is 1. The van der Waals surface area contributed by atoms with Crippen molar-refractivity contribution in [3.8, 4) is 0 Å². The highest BCUT2D eigenvalue weighted by Crippen LogP contribution is 2.33. The van der Waals surface area contributed by atoms with Gasteiger partial charge in [0.25, 0.3) is 0 Å². The molecule has 5 heteroatoms. The molecule has 2 atom stereocenters. The highest BCUT2D eigenvalue weighted by atomic mass is 32.2. The van der Waals surface area contributed by atoms with Gasteiger partial charge in [-0.15, -0.1) is 11.3 Å². The molecule has 0 aliphatic carbocycles. The number of hydrogen-bond acceptors (Lipinski definition) is 5. The topological polar surface area (TPSA) is 34.1 Å². The first-order valence-electron chi connectivity index (χ1n) is 6.11. The van der Waals surface area contributed by atoms with Gasteiger partial charge < -0.3 is 10.1 Å². The van der Waals surface area contributed by atoms with Gasteiger partial charge in [0.1, 0.15) is 5.01 Å². The molecular weight excluding hydrogens is 252 g/mol. The molecule has 0 amide bonds. The summed E-state index contributed by atoms with van der Waals surface area (Å²) >= 11 is 3.83. The van der Waals surface area contributed by atoms with E-state index in [1.807, 2.05) is 6.20 Å². The quantitative estimate of drug-likeness (QED) is 0.807. The Hall–Kier alpha value is -0.100. The lowest BCUT2D eigenvalue weighted by atomic mass is 9.96. The van der Waals surface area contributed by atoms with Crippen molar-refractivity contribution < 1.29 is 4.74 Å². The van der Waals surface area contributed by atoms with Crippen LogP contribution in [-0.4, -0.2) is 36.8 Å². The molecule has 17 heavy (non-hydrogen) atoms. The number of thiazole rings is 1. The molecular formula is C12H20N2OS2. The van der Waals surface area contributed by atoms with E-state index >= 15 is 0 Å². The van der Waals surface area contributed by atoms with Crippen molar-refractivity contribution in [3.05, 3.63) is 16.6 Å². The van der Waals surface area contributed by atoms with Crippen LogP contribution in [-0.2, 0) is 4.74 Å². The molecule has 1 fully saturated rings. The molecule has 0 spiro atoms. The number of rotatable bonds is 6. The Bertz CT molecular complexity index is 299. The van der Waals surface area contributed by atoms with Crippen molar-refractivity contribution >= 4 is 23.1 Å². The molecule has 1 saturated heterocycles. The second-order valence-electron chi connectivity index (χ2n) is 4.27. The van der Waals surface area contributed by atoms with Gasteiger partial charge in [0.15, 0.2) is 0 Å². The summed E-state index contributed by atoms with van der Waals surface area (Å²) in [5.41, 5.74) is 0. The summed E-state index contributed by atoms with van der Waals surface area (Å²) in [4.78, 5) is 4.48. The SMILES string of the molecule is COCCNC(c1nccs1)C1CCCSC1. The van der Waals surface area contributed by atoms with Gasteiger partial charge >= 0.3 is 0 Å². The molecule has 1 aliphatic rings. The molecule has 2 rings (SSSR count). The first-order valence-corrected chi connectivity index (χ1v) is 8.14. The Morgan fingerprint density at radius 2 is 2.59 bits per heavy atom. The zero-order valence-corrected chi connectivity index (χ0v) is 11.9. The summed E-state index contributed by atoms with van der Waals surface area (Å²) < 4.78 is 5.11. The van der Waals surface area contributed by atoms with Gasteiger partial charge in [0.2, 0.25) is 0 Å². The second-order valence-corrected chi connectivity index (χ2v) is 6.35. The minimum atomic E-state index is 0.415. The van der Waals surface area contributed by atoms with Crippen LogP contribution in [0.5, 0.6) is 0 Å². The van der Waals surface area contributed by atoms with Crippen molar-refractivity contribution in [1.82, 2.24) is 10.3 Å². The molecule has 1 aromatic rings. The van der Waals surface area contributed by atoms with E-state index in [0.717, 1.165) is 19.1 Å². The predicted octanol–water partition coefficient (Wildman–Crippen LogP) is 2.56. The zero-order valence-electron chi connectivity index (χ0n) is 10.2. The summed E-state index contributed by atoms with van der Waals surface area (Å²) in [6.07, 6.45) is 4.56. The molecule has 1 aromatic heterocycles. The van der Waals surface area contributed by atoms with Gasteiger partial charge in [-0.1, -0.05) is 0 Å². The van der Waals surface area contributed by atoms with Crippen LogP contribution in [0.2, 0.25) is 0 Å². The van der Waals surface area contributed by atoms with Gasteiger partial charge in [0.05, 0.1) is 12.6 Å². The van der Waals surface area contributed by atoms with Crippen LogP contribution in [0, 0.1) is 5.92 Å². The number of nitrogens with one attached hydrogen (secondary N) is 1. The summed E-state index contributed by atoms with van der Waals surface area (Å²) in [6.45, 7) is 1.67. The van der Waals surface area contributed by atoms with Crippen molar-refractivity contribution in [2.45, 2.75) is 18.9 Å². The first kappa shape index (κ1) is 13.3. The minimum Gasteiger partial charge on any atom is -0.383 e. The Labute approximate surface area is 111 Å². The normalized spacial score (nSPS) is 22.5. The van der Waals surface area contributed by atoms with Crippen LogP contribution in [0.25, 0.3) is 0 Å². The maximum absolute atomic E-state index is 5.11. The van der Waals surface area contributed by atoms with E-state index in [-0.39, 0.29) is 0 Å². The standard InChI is InChI=1S/C12H20N2OS2/c1-15-6-4-13-11(12-14-5-8-17-12)10-3-2-7-16-9-10/h5,8,10-11,13H,2-4,6-7,9H2,1H3. The number of nitrogens with zero attached hydrogens (tertiary/aromatic N) is 1. The summed E-state index contributed by atoms with van der Waals surface area (Å²) in [6, 6.07) is 0.415. The Balaban J connectivity index is 1.96. The third kappa shape index (κ3) is 3.95. The molecule has 96 valence electrons. The molecule has 2 unspecified atom stereocenters. The predicted molar refractivity (Wildman–Crippen MR) is 74.8 cm³/mol. The van der Waals surface area contributed by atoms with Gasteiger partial charge in [-0.05, 0) is 30.3 Å². The van der Waals surface area contributed by atoms with E-state index in [4.69, 9.17) is 4.74 Å². The number of thioether (sulfide) groups is 1. The fraction of sp³-hybridized carbons (Fsp3) is 0.750. The number of hydrogen-bond donors (Lipinski definition) is 1. The highest BCUT2D eigenvalue weighted by molar-refractivity contribution is 7.99. The van der Waals surface area contributed by atoms with E-state index < -0.39 is 0 Å².